The summed E-state index contributed by atoms with van der Waals surface area (Å²) < 4.78 is 1.16. The molecule has 1 unspecified atom stereocenters. The van der Waals surface area contributed by atoms with Crippen LogP contribution in [0.4, 0.5) is 0 Å². The second-order valence-corrected chi connectivity index (χ2v) is 4.59. The summed E-state index contributed by atoms with van der Waals surface area (Å²) in [5.41, 5.74) is 7.15. The van der Waals surface area contributed by atoms with Gasteiger partial charge in [-0.15, -0.1) is 11.3 Å². The quantitative estimate of drug-likeness (QED) is 0.842. The van der Waals surface area contributed by atoms with Crippen LogP contribution in [0.25, 0.3) is 10.2 Å². The predicted molar refractivity (Wildman–Crippen MR) is 65.2 cm³/mol. The van der Waals surface area contributed by atoms with Crippen LogP contribution >= 0.6 is 11.3 Å². The van der Waals surface area contributed by atoms with Crippen molar-refractivity contribution >= 4 is 27.5 Å². The molecular formula is C11H13N3OS. The molecule has 0 aliphatic rings. The molecular weight excluding hydrogens is 222 g/mol. The van der Waals surface area contributed by atoms with E-state index < -0.39 is 0 Å². The molecule has 5 heteroatoms. The van der Waals surface area contributed by atoms with Crippen molar-refractivity contribution in [3.8, 4) is 0 Å². The third-order valence-corrected chi connectivity index (χ3v) is 3.26. The van der Waals surface area contributed by atoms with E-state index in [0.29, 0.717) is 0 Å². The molecule has 2 aromatic rings. The molecule has 0 spiro atoms. The summed E-state index contributed by atoms with van der Waals surface area (Å²) in [6.07, 6.45) is 1.83. The Bertz CT molecular complexity index is 509. The number of carbonyl (C=O) groups is 1. The highest BCUT2D eigenvalue weighted by Gasteiger charge is 2.07. The van der Waals surface area contributed by atoms with Gasteiger partial charge in [-0.25, -0.2) is 0 Å². The Labute approximate surface area is 97.5 Å². The largest absolute Gasteiger partial charge is 0.369 e. The first-order chi connectivity index (χ1) is 7.66. The van der Waals surface area contributed by atoms with E-state index in [1.54, 1.807) is 11.3 Å². The first-order valence-electron chi connectivity index (χ1n) is 5.01. The van der Waals surface area contributed by atoms with Crippen LogP contribution in [0.5, 0.6) is 0 Å². The fraction of sp³-hybridized carbons (Fsp3) is 0.273. The van der Waals surface area contributed by atoms with Gasteiger partial charge in [0, 0.05) is 12.2 Å². The normalized spacial score (nSPS) is 12.8. The Kier molecular flexibility index (Phi) is 3.17. The summed E-state index contributed by atoms with van der Waals surface area (Å²) in [6, 6.07) is 4.16. The number of nitrogens with one attached hydrogen (secondary N) is 1. The number of fused-ring (bicyclic) bond motifs is 1. The zero-order valence-corrected chi connectivity index (χ0v) is 9.75. The first-order valence-corrected chi connectivity index (χ1v) is 5.89. The lowest BCUT2D eigenvalue weighted by Gasteiger charge is -2.12. The molecule has 84 valence electrons. The topological polar surface area (TPSA) is 68.0 Å². The third-order valence-electron chi connectivity index (χ3n) is 2.41. The first kappa shape index (κ1) is 11.0. The second kappa shape index (κ2) is 4.59. The molecule has 0 saturated heterocycles. The van der Waals surface area contributed by atoms with Gasteiger partial charge in [0.15, 0.2) is 0 Å². The highest BCUT2D eigenvalue weighted by molar-refractivity contribution is 7.17. The van der Waals surface area contributed by atoms with E-state index in [-0.39, 0.29) is 18.5 Å². The zero-order valence-electron chi connectivity index (χ0n) is 8.93. The molecule has 0 aromatic carbocycles. The van der Waals surface area contributed by atoms with Crippen molar-refractivity contribution in [1.82, 2.24) is 10.3 Å². The summed E-state index contributed by atoms with van der Waals surface area (Å²) in [6.45, 7) is 2.17. The van der Waals surface area contributed by atoms with Gasteiger partial charge < -0.3 is 11.1 Å². The molecule has 2 heterocycles. The van der Waals surface area contributed by atoms with E-state index in [1.165, 1.54) is 0 Å². The number of aromatic nitrogens is 1. The second-order valence-electron chi connectivity index (χ2n) is 3.64. The Hall–Kier alpha value is -1.46. The van der Waals surface area contributed by atoms with Gasteiger partial charge >= 0.3 is 0 Å². The van der Waals surface area contributed by atoms with E-state index in [4.69, 9.17) is 5.73 Å². The third kappa shape index (κ3) is 2.37. The zero-order chi connectivity index (χ0) is 11.5. The summed E-state index contributed by atoms with van der Waals surface area (Å²) in [5, 5.41) is 5.06. The number of hydrogen-bond acceptors (Lipinski definition) is 4. The van der Waals surface area contributed by atoms with Crippen molar-refractivity contribution in [1.29, 1.82) is 0 Å². The summed E-state index contributed by atoms with van der Waals surface area (Å²) >= 11 is 1.66. The van der Waals surface area contributed by atoms with Crippen molar-refractivity contribution in [2.45, 2.75) is 13.0 Å². The average Bonchev–Trinajstić information content (AvgIpc) is 2.72. The summed E-state index contributed by atoms with van der Waals surface area (Å²) in [7, 11) is 0. The number of thiophene rings is 1. The predicted octanol–water partition coefficient (Wildman–Crippen LogP) is 1.43. The van der Waals surface area contributed by atoms with Gasteiger partial charge in [0.2, 0.25) is 5.91 Å². The minimum atomic E-state index is -0.350. The van der Waals surface area contributed by atoms with Crippen LogP contribution in [-0.2, 0) is 4.79 Å². The molecule has 2 aromatic heterocycles. The molecule has 4 nitrogen and oxygen atoms in total. The van der Waals surface area contributed by atoms with Crippen LogP contribution in [0.3, 0.4) is 0 Å². The van der Waals surface area contributed by atoms with Crippen molar-refractivity contribution in [3.05, 3.63) is 29.3 Å². The van der Waals surface area contributed by atoms with E-state index in [0.717, 1.165) is 15.8 Å². The molecule has 0 saturated carbocycles. The number of amides is 1. The average molecular weight is 235 g/mol. The highest BCUT2D eigenvalue weighted by atomic mass is 32.1. The maximum atomic E-state index is 10.7. The maximum Gasteiger partial charge on any atom is 0.231 e. The SMILES string of the molecule is CC(NCC(N)=O)c1cnc2ccsc2c1. The number of carbonyl (C=O) groups excluding carboxylic acids is 1. The lowest BCUT2D eigenvalue weighted by molar-refractivity contribution is -0.117. The Balaban J connectivity index is 2.15. The number of nitrogens with two attached hydrogens (primary N) is 1. The van der Waals surface area contributed by atoms with E-state index in [2.05, 4.69) is 16.4 Å². The van der Waals surface area contributed by atoms with Crippen LogP contribution in [-0.4, -0.2) is 17.4 Å². The molecule has 0 radical (unpaired) electrons. The van der Waals surface area contributed by atoms with Gasteiger partial charge in [-0.3, -0.25) is 9.78 Å². The smallest absolute Gasteiger partial charge is 0.231 e. The summed E-state index contributed by atoms with van der Waals surface area (Å²) in [4.78, 5) is 15.0. The number of nitrogens with zero attached hydrogens (tertiary/aromatic N) is 1. The molecule has 1 atom stereocenters. The fourth-order valence-electron chi connectivity index (χ4n) is 1.47. The standard InChI is InChI=1S/C11H13N3OS/c1-7(13-6-11(12)15)8-4-10-9(14-5-8)2-3-16-10/h2-5,7,13H,6H2,1H3,(H2,12,15). The van der Waals surface area contributed by atoms with Crippen LogP contribution < -0.4 is 11.1 Å². The van der Waals surface area contributed by atoms with Gasteiger partial charge in [-0.2, -0.15) is 0 Å². The van der Waals surface area contributed by atoms with Crippen molar-refractivity contribution in [3.63, 3.8) is 0 Å². The van der Waals surface area contributed by atoms with Crippen LogP contribution in [0, 0.1) is 0 Å². The van der Waals surface area contributed by atoms with Gasteiger partial charge in [0.1, 0.15) is 0 Å². The van der Waals surface area contributed by atoms with Crippen LogP contribution in [0.1, 0.15) is 18.5 Å². The van der Waals surface area contributed by atoms with E-state index in [1.807, 2.05) is 24.6 Å². The van der Waals surface area contributed by atoms with Gasteiger partial charge in [0.25, 0.3) is 0 Å². The van der Waals surface area contributed by atoms with Crippen LogP contribution in [0.2, 0.25) is 0 Å². The van der Waals surface area contributed by atoms with Crippen molar-refractivity contribution in [2.75, 3.05) is 6.54 Å². The van der Waals surface area contributed by atoms with E-state index >= 15 is 0 Å². The molecule has 2 rings (SSSR count). The van der Waals surface area contributed by atoms with Crippen molar-refractivity contribution < 1.29 is 4.79 Å². The minimum Gasteiger partial charge on any atom is -0.369 e. The number of primary amides is 1. The van der Waals surface area contributed by atoms with Gasteiger partial charge in [-0.05, 0) is 30.0 Å². The van der Waals surface area contributed by atoms with E-state index in [9.17, 15) is 4.79 Å². The Morgan fingerprint density at radius 3 is 3.25 bits per heavy atom. The molecule has 1 amide bonds. The lowest BCUT2D eigenvalue weighted by atomic mass is 10.1. The number of hydrogen-bond donors (Lipinski definition) is 2. The number of rotatable bonds is 4. The van der Waals surface area contributed by atoms with Crippen LogP contribution in [0.15, 0.2) is 23.7 Å². The van der Waals surface area contributed by atoms with Crippen molar-refractivity contribution in [2.24, 2.45) is 5.73 Å². The Morgan fingerprint density at radius 1 is 1.69 bits per heavy atom. The Morgan fingerprint density at radius 2 is 2.50 bits per heavy atom. The highest BCUT2D eigenvalue weighted by Crippen LogP contribution is 2.22. The lowest BCUT2D eigenvalue weighted by Crippen LogP contribution is -2.30. The maximum absolute atomic E-state index is 10.7. The fourth-order valence-corrected chi connectivity index (χ4v) is 2.26. The monoisotopic (exact) mass is 235 g/mol. The summed E-state index contributed by atoms with van der Waals surface area (Å²) in [5.74, 6) is -0.350. The molecule has 3 N–H and O–H groups in total. The van der Waals surface area contributed by atoms with Gasteiger partial charge in [-0.1, -0.05) is 0 Å². The minimum absolute atomic E-state index is 0.0755. The molecule has 0 fully saturated rings. The molecule has 16 heavy (non-hydrogen) atoms. The molecule has 0 aliphatic carbocycles. The molecule has 0 aliphatic heterocycles. The molecule has 0 bridgehead atoms. The number of pyridine rings is 1. The van der Waals surface area contributed by atoms with Gasteiger partial charge in [0.05, 0.1) is 16.8 Å².